The van der Waals surface area contributed by atoms with Crippen LogP contribution >= 0.6 is 0 Å². The number of aliphatic imine (C=N–C) groups is 1. The van der Waals surface area contributed by atoms with Crippen molar-refractivity contribution >= 4 is 29.7 Å². The van der Waals surface area contributed by atoms with Crippen LogP contribution in [0, 0.1) is 23.2 Å². The minimum absolute atomic E-state index is 0.0459. The first-order chi connectivity index (χ1) is 18.8. The lowest BCUT2D eigenvalue weighted by molar-refractivity contribution is -0.168. The fourth-order valence-electron chi connectivity index (χ4n) is 4.82. The molecule has 4 rings (SSSR count). The van der Waals surface area contributed by atoms with Crippen LogP contribution in [0.1, 0.15) is 25.3 Å². The highest BCUT2D eigenvalue weighted by Gasteiger charge is 2.49. The van der Waals surface area contributed by atoms with Crippen LogP contribution in [0.4, 0.5) is 32.3 Å². The van der Waals surface area contributed by atoms with Crippen molar-refractivity contribution < 1.29 is 40.7 Å². The van der Waals surface area contributed by atoms with E-state index in [4.69, 9.17) is 4.74 Å². The van der Waals surface area contributed by atoms with Crippen LogP contribution in [0.15, 0.2) is 22.5 Å². The summed E-state index contributed by atoms with van der Waals surface area (Å²) in [5, 5.41) is 13.1. The average Bonchev–Trinajstić information content (AvgIpc) is 3.25. The first-order valence-electron chi connectivity index (χ1n) is 12.2. The maximum absolute atomic E-state index is 13.3. The van der Waals surface area contributed by atoms with Gasteiger partial charge < -0.3 is 14.5 Å². The molecule has 0 aliphatic carbocycles. The zero-order chi connectivity index (χ0) is 29.2. The van der Waals surface area contributed by atoms with Gasteiger partial charge in [0.1, 0.15) is 6.10 Å². The number of hydrogen-bond acceptors (Lipinski definition) is 9. The monoisotopic (exact) mass is 574 g/mol. The Morgan fingerprint density at radius 1 is 1.18 bits per heavy atom. The number of ether oxygens (including phenoxy) is 1. The normalized spacial score (nSPS) is 27.6. The van der Waals surface area contributed by atoms with E-state index in [0.717, 1.165) is 6.21 Å². The number of aromatic nitrogens is 2. The van der Waals surface area contributed by atoms with E-state index in [9.17, 15) is 41.2 Å². The largest absolute Gasteiger partial charge is 0.419 e. The van der Waals surface area contributed by atoms with E-state index in [-0.39, 0.29) is 38.0 Å². The molecule has 11 nitrogen and oxygen atoms in total. The average molecular weight is 574 g/mol. The molecule has 2 amide bonds. The van der Waals surface area contributed by atoms with Crippen molar-refractivity contribution in [2.24, 2.45) is 21.9 Å². The summed E-state index contributed by atoms with van der Waals surface area (Å²) >= 11 is 0. The molecule has 17 heteroatoms. The molecule has 5 atom stereocenters. The lowest BCUT2D eigenvalue weighted by atomic mass is 9.92. The summed E-state index contributed by atoms with van der Waals surface area (Å²) in [5.74, 6) is -4.81. The molecule has 3 unspecified atom stereocenters. The Labute approximate surface area is 223 Å². The van der Waals surface area contributed by atoms with Crippen molar-refractivity contribution in [3.63, 3.8) is 0 Å². The molecule has 1 N–H and O–H groups in total. The summed E-state index contributed by atoms with van der Waals surface area (Å²) in [5.41, 5.74) is 0.209. The molecule has 216 valence electrons. The molecule has 4 heterocycles. The van der Waals surface area contributed by atoms with Crippen LogP contribution in [0.2, 0.25) is 0 Å². The highest BCUT2D eigenvalue weighted by atomic mass is 19.4. The Balaban J connectivity index is 1.34. The topological polar surface area (TPSA) is 136 Å². The fraction of sp³-hybridized carbons (Fsp3) is 0.609. The predicted molar refractivity (Wildman–Crippen MR) is 126 cm³/mol. The molecule has 2 fully saturated rings. The second-order valence-corrected chi connectivity index (χ2v) is 9.56. The number of nitriles is 1. The molecular formula is C23H24F6N8O3. The van der Waals surface area contributed by atoms with Gasteiger partial charge in [-0.25, -0.2) is 15.4 Å². The standard InChI is InChI=1S/C23H24F6N8O3/c1-12(34-15-9-33-35-19(38)18(15)23(27,28)29)11-40-17-3-5-37(20(17)39)16-2-4-36(10-13(16)6-30)21-31-7-14(8-32-21)22(24,25)26/h7-9,12-13,16-18H,2-5,10-11H2,1H3,(H,35,38)/t12-,13?,16?,17+,18?/m0/s1. The Hall–Kier alpha value is -3.81. The second kappa shape index (κ2) is 11.4. The van der Waals surface area contributed by atoms with E-state index >= 15 is 0 Å². The molecule has 0 saturated carbocycles. The number of likely N-dealkylation sites (tertiary alicyclic amines) is 1. The predicted octanol–water partition coefficient (Wildman–Crippen LogP) is 1.95. The van der Waals surface area contributed by atoms with E-state index in [1.807, 2.05) is 0 Å². The highest BCUT2D eigenvalue weighted by molar-refractivity contribution is 6.37. The molecule has 0 radical (unpaired) electrons. The maximum Gasteiger partial charge on any atom is 0.419 e. The van der Waals surface area contributed by atoms with Gasteiger partial charge in [0.2, 0.25) is 5.95 Å². The first kappa shape index (κ1) is 29.2. The number of hydrogen-bond donors (Lipinski definition) is 1. The van der Waals surface area contributed by atoms with Crippen LogP contribution in [0.5, 0.6) is 0 Å². The molecular weight excluding hydrogens is 550 g/mol. The molecule has 40 heavy (non-hydrogen) atoms. The number of piperidine rings is 1. The fourth-order valence-corrected chi connectivity index (χ4v) is 4.82. The molecule has 3 aliphatic heterocycles. The number of halogens is 6. The summed E-state index contributed by atoms with van der Waals surface area (Å²) < 4.78 is 83.9. The Kier molecular flexibility index (Phi) is 8.28. The quantitative estimate of drug-likeness (QED) is 0.513. The molecule has 0 spiro atoms. The van der Waals surface area contributed by atoms with Gasteiger partial charge in [-0.1, -0.05) is 0 Å². The number of nitrogens with one attached hydrogen (secondary N) is 1. The van der Waals surface area contributed by atoms with E-state index in [1.54, 1.807) is 10.3 Å². The number of rotatable bonds is 6. The number of hydrazone groups is 1. The second-order valence-electron chi connectivity index (χ2n) is 9.56. The van der Waals surface area contributed by atoms with Gasteiger partial charge in [0.05, 0.1) is 48.2 Å². The summed E-state index contributed by atoms with van der Waals surface area (Å²) in [7, 11) is 0. The molecule has 0 bridgehead atoms. The summed E-state index contributed by atoms with van der Waals surface area (Å²) in [4.78, 5) is 39.3. The highest BCUT2D eigenvalue weighted by Crippen LogP contribution is 2.32. The number of anilines is 1. The lowest BCUT2D eigenvalue weighted by Crippen LogP contribution is -2.52. The maximum atomic E-state index is 13.3. The van der Waals surface area contributed by atoms with Gasteiger partial charge in [-0.2, -0.15) is 36.7 Å². The molecule has 2 saturated heterocycles. The Bertz CT molecular complexity index is 1210. The number of carbonyl (C=O) groups is 2. The van der Waals surface area contributed by atoms with Crippen LogP contribution in [0.25, 0.3) is 0 Å². The van der Waals surface area contributed by atoms with Crippen LogP contribution in [0.3, 0.4) is 0 Å². The summed E-state index contributed by atoms with van der Waals surface area (Å²) in [6, 6.07) is 0.856. The first-order valence-corrected chi connectivity index (χ1v) is 12.2. The number of carbonyl (C=O) groups excluding carboxylic acids is 2. The minimum Gasteiger partial charge on any atom is -0.366 e. The Morgan fingerprint density at radius 3 is 2.50 bits per heavy atom. The van der Waals surface area contributed by atoms with Crippen molar-refractivity contribution in [1.82, 2.24) is 20.3 Å². The minimum atomic E-state index is -4.86. The van der Waals surface area contributed by atoms with Crippen molar-refractivity contribution in [3.8, 4) is 6.07 Å². The van der Waals surface area contributed by atoms with Gasteiger partial charge in [-0.15, -0.1) is 0 Å². The SMILES string of the molecule is C[C@@H](CO[C@@H]1CCN(C2CCN(c3ncc(C(F)(F)F)cn3)CC2C#N)C1=O)N=C1C=NNC(=O)C1C(F)(F)F. The van der Waals surface area contributed by atoms with E-state index in [2.05, 4.69) is 26.1 Å². The van der Waals surface area contributed by atoms with Crippen molar-refractivity contribution in [2.75, 3.05) is 31.1 Å². The number of nitrogens with zero attached hydrogens (tertiary/aromatic N) is 7. The zero-order valence-electron chi connectivity index (χ0n) is 21.0. The van der Waals surface area contributed by atoms with Crippen LogP contribution in [-0.2, 0) is 20.5 Å². The lowest BCUT2D eigenvalue weighted by Gasteiger charge is -2.39. The Morgan fingerprint density at radius 2 is 1.88 bits per heavy atom. The van der Waals surface area contributed by atoms with Gasteiger partial charge in [0.25, 0.3) is 11.8 Å². The molecule has 0 aromatic carbocycles. The zero-order valence-corrected chi connectivity index (χ0v) is 21.0. The van der Waals surface area contributed by atoms with Crippen LogP contribution in [-0.4, -0.2) is 89.2 Å². The van der Waals surface area contributed by atoms with E-state index < -0.39 is 59.6 Å². The van der Waals surface area contributed by atoms with Gasteiger partial charge >= 0.3 is 12.4 Å². The van der Waals surface area contributed by atoms with Gasteiger partial charge in [0.15, 0.2) is 5.92 Å². The third-order valence-electron chi connectivity index (χ3n) is 6.75. The van der Waals surface area contributed by atoms with Crippen molar-refractivity contribution in [3.05, 3.63) is 18.0 Å². The summed E-state index contributed by atoms with van der Waals surface area (Å²) in [6.45, 7) is 1.97. The number of amides is 2. The van der Waals surface area contributed by atoms with Gasteiger partial charge in [0, 0.05) is 38.4 Å². The summed E-state index contributed by atoms with van der Waals surface area (Å²) in [6.07, 6.45) is -7.53. The number of alkyl halides is 6. The molecule has 3 aliphatic rings. The van der Waals surface area contributed by atoms with Gasteiger partial charge in [-0.3, -0.25) is 14.6 Å². The van der Waals surface area contributed by atoms with Crippen LogP contribution < -0.4 is 10.3 Å². The van der Waals surface area contributed by atoms with Gasteiger partial charge in [-0.05, 0) is 13.3 Å². The molecule has 1 aromatic heterocycles. The van der Waals surface area contributed by atoms with Crippen molar-refractivity contribution in [2.45, 2.75) is 50.3 Å². The van der Waals surface area contributed by atoms with E-state index in [1.165, 1.54) is 11.8 Å². The molecule has 1 aromatic rings. The third-order valence-corrected chi connectivity index (χ3v) is 6.75. The smallest absolute Gasteiger partial charge is 0.366 e. The third kappa shape index (κ3) is 6.32. The van der Waals surface area contributed by atoms with Crippen molar-refractivity contribution in [1.29, 1.82) is 5.26 Å². The van der Waals surface area contributed by atoms with E-state index in [0.29, 0.717) is 25.4 Å².